The van der Waals surface area contributed by atoms with E-state index in [4.69, 9.17) is 17.0 Å². The van der Waals surface area contributed by atoms with Crippen LogP contribution in [0.5, 0.6) is 5.75 Å². The number of rotatable bonds is 3. The third-order valence-electron chi connectivity index (χ3n) is 4.74. The maximum atomic E-state index is 5.78. The molecule has 0 unspecified atom stereocenters. The average molecular weight is 363 g/mol. The summed E-state index contributed by atoms with van der Waals surface area (Å²) in [6.45, 7) is 1.78. The second kappa shape index (κ2) is 7.22. The number of nitrogens with one attached hydrogen (secondary N) is 1. The Kier molecular flexibility index (Phi) is 4.63. The Balaban J connectivity index is 1.64. The van der Waals surface area contributed by atoms with Crippen molar-refractivity contribution < 1.29 is 4.74 Å². The van der Waals surface area contributed by atoms with Crippen LogP contribution >= 0.6 is 12.2 Å². The molecular formula is C21H21N3OS. The van der Waals surface area contributed by atoms with Gasteiger partial charge in [0.1, 0.15) is 5.75 Å². The van der Waals surface area contributed by atoms with Gasteiger partial charge in [-0.3, -0.25) is 0 Å². The van der Waals surface area contributed by atoms with Gasteiger partial charge in [0.2, 0.25) is 0 Å². The van der Waals surface area contributed by atoms with E-state index in [0.29, 0.717) is 0 Å². The molecule has 5 heteroatoms. The number of thiocarbonyl (C=S) groups is 1. The highest BCUT2D eigenvalue weighted by Crippen LogP contribution is 2.33. The number of anilines is 1. The zero-order valence-electron chi connectivity index (χ0n) is 14.6. The molecule has 1 aliphatic rings. The van der Waals surface area contributed by atoms with E-state index >= 15 is 0 Å². The third kappa shape index (κ3) is 3.18. The van der Waals surface area contributed by atoms with E-state index in [0.717, 1.165) is 29.6 Å². The maximum Gasteiger partial charge on any atom is 0.174 e. The van der Waals surface area contributed by atoms with Crippen molar-refractivity contribution in [2.75, 3.05) is 19.0 Å². The van der Waals surface area contributed by atoms with E-state index in [-0.39, 0.29) is 6.04 Å². The van der Waals surface area contributed by atoms with Crippen LogP contribution in [0.2, 0.25) is 0 Å². The van der Waals surface area contributed by atoms with E-state index in [9.17, 15) is 0 Å². The van der Waals surface area contributed by atoms with Crippen LogP contribution in [0.3, 0.4) is 0 Å². The summed E-state index contributed by atoms with van der Waals surface area (Å²) < 4.78 is 7.62. The first-order valence-electron chi connectivity index (χ1n) is 8.68. The fourth-order valence-corrected chi connectivity index (χ4v) is 3.80. The standard InChI is InChI=1S/C21H21N3OS/c1-25-18-10-5-9-17(15-18)22-21(26)24-14-13-23-12-6-11-19(23)20(24)16-7-3-2-4-8-16/h2-12,15,20H,13-14H2,1H3,(H,22,26)/t20-/m0/s1. The molecule has 0 spiro atoms. The van der Waals surface area contributed by atoms with Gasteiger partial charge in [0.15, 0.2) is 5.11 Å². The number of nitrogens with zero attached hydrogens (tertiary/aromatic N) is 2. The first-order chi connectivity index (χ1) is 12.8. The molecule has 1 atom stereocenters. The van der Waals surface area contributed by atoms with Crippen LogP contribution in [0.4, 0.5) is 5.69 Å². The number of fused-ring (bicyclic) bond motifs is 1. The molecule has 1 N–H and O–H groups in total. The number of methoxy groups -OCH3 is 1. The van der Waals surface area contributed by atoms with Crippen LogP contribution in [0.15, 0.2) is 72.9 Å². The first kappa shape index (κ1) is 16.7. The van der Waals surface area contributed by atoms with Crippen molar-refractivity contribution in [3.63, 3.8) is 0 Å². The molecule has 4 nitrogen and oxygen atoms in total. The Morgan fingerprint density at radius 2 is 1.88 bits per heavy atom. The highest BCUT2D eigenvalue weighted by molar-refractivity contribution is 7.80. The molecule has 3 aromatic rings. The molecule has 1 aliphatic heterocycles. The van der Waals surface area contributed by atoms with Gasteiger partial charge in [0.05, 0.1) is 13.2 Å². The molecule has 0 aliphatic carbocycles. The molecule has 0 fully saturated rings. The van der Waals surface area contributed by atoms with Gasteiger partial charge >= 0.3 is 0 Å². The Morgan fingerprint density at radius 3 is 2.69 bits per heavy atom. The molecule has 2 heterocycles. The van der Waals surface area contributed by atoms with E-state index < -0.39 is 0 Å². The summed E-state index contributed by atoms with van der Waals surface area (Å²) in [6, 6.07) is 22.7. The Labute approximate surface area is 159 Å². The monoisotopic (exact) mass is 363 g/mol. The molecule has 0 amide bonds. The Morgan fingerprint density at radius 1 is 1.04 bits per heavy atom. The van der Waals surface area contributed by atoms with Gasteiger partial charge in [-0.25, -0.2) is 0 Å². The van der Waals surface area contributed by atoms with E-state index in [1.807, 2.05) is 30.3 Å². The number of aromatic nitrogens is 1. The average Bonchev–Trinajstić information content (AvgIpc) is 3.16. The van der Waals surface area contributed by atoms with Crippen molar-refractivity contribution in [3.8, 4) is 5.75 Å². The molecule has 0 saturated heterocycles. The zero-order valence-corrected chi connectivity index (χ0v) is 15.4. The van der Waals surface area contributed by atoms with Gasteiger partial charge in [-0.2, -0.15) is 0 Å². The number of hydrogen-bond acceptors (Lipinski definition) is 2. The van der Waals surface area contributed by atoms with Gasteiger partial charge in [-0.15, -0.1) is 0 Å². The summed E-state index contributed by atoms with van der Waals surface area (Å²) in [6.07, 6.45) is 2.14. The lowest BCUT2D eigenvalue weighted by atomic mass is 10.0. The second-order valence-corrected chi connectivity index (χ2v) is 6.68. The van der Waals surface area contributed by atoms with Crippen LogP contribution in [0.1, 0.15) is 17.3 Å². The molecular weight excluding hydrogens is 342 g/mol. The normalized spacial score (nSPS) is 16.0. The van der Waals surface area contributed by atoms with E-state index in [2.05, 4.69) is 57.4 Å². The number of hydrogen-bond donors (Lipinski definition) is 1. The minimum atomic E-state index is 0.102. The lowest BCUT2D eigenvalue weighted by Crippen LogP contribution is -2.44. The van der Waals surface area contributed by atoms with Crippen LogP contribution in [-0.2, 0) is 6.54 Å². The first-order valence-corrected chi connectivity index (χ1v) is 9.09. The van der Waals surface area contributed by atoms with Gasteiger partial charge in [0, 0.05) is 36.7 Å². The Hall–Kier alpha value is -2.79. The van der Waals surface area contributed by atoms with Crippen LogP contribution in [0, 0.1) is 0 Å². The second-order valence-electron chi connectivity index (χ2n) is 6.30. The van der Waals surface area contributed by atoms with Crippen molar-refractivity contribution in [1.29, 1.82) is 0 Å². The summed E-state index contributed by atoms with van der Waals surface area (Å²) in [7, 11) is 1.67. The maximum absolute atomic E-state index is 5.78. The van der Waals surface area contributed by atoms with Crippen molar-refractivity contribution in [2.45, 2.75) is 12.6 Å². The Bertz CT molecular complexity index is 906. The lowest BCUT2D eigenvalue weighted by Gasteiger charge is -2.39. The fourth-order valence-electron chi connectivity index (χ4n) is 3.48. The summed E-state index contributed by atoms with van der Waals surface area (Å²) >= 11 is 5.78. The molecule has 0 bridgehead atoms. The minimum absolute atomic E-state index is 0.102. The summed E-state index contributed by atoms with van der Waals surface area (Å²) in [4.78, 5) is 2.26. The van der Waals surface area contributed by atoms with Crippen LogP contribution in [-0.4, -0.2) is 28.2 Å². The number of benzene rings is 2. The number of ether oxygens (including phenoxy) is 1. The van der Waals surface area contributed by atoms with Crippen LogP contribution in [0.25, 0.3) is 0 Å². The molecule has 1 aromatic heterocycles. The smallest absolute Gasteiger partial charge is 0.174 e. The quantitative estimate of drug-likeness (QED) is 0.703. The predicted molar refractivity (Wildman–Crippen MR) is 109 cm³/mol. The van der Waals surface area contributed by atoms with Crippen molar-refractivity contribution in [1.82, 2.24) is 9.47 Å². The van der Waals surface area contributed by atoms with Crippen molar-refractivity contribution in [3.05, 3.63) is 84.2 Å². The highest BCUT2D eigenvalue weighted by atomic mass is 32.1. The van der Waals surface area contributed by atoms with Gasteiger partial charge < -0.3 is 19.5 Å². The van der Waals surface area contributed by atoms with Crippen LogP contribution < -0.4 is 10.1 Å². The summed E-state index contributed by atoms with van der Waals surface area (Å²) in [5, 5.41) is 4.10. The molecule has 4 rings (SSSR count). The van der Waals surface area contributed by atoms with Gasteiger partial charge in [-0.1, -0.05) is 36.4 Å². The van der Waals surface area contributed by atoms with Gasteiger partial charge in [0.25, 0.3) is 0 Å². The van der Waals surface area contributed by atoms with Gasteiger partial charge in [-0.05, 0) is 42.0 Å². The summed E-state index contributed by atoms with van der Waals surface area (Å²) in [5.74, 6) is 0.810. The fraction of sp³-hybridized carbons (Fsp3) is 0.190. The van der Waals surface area contributed by atoms with Crippen molar-refractivity contribution in [2.24, 2.45) is 0 Å². The summed E-state index contributed by atoms with van der Waals surface area (Å²) in [5.41, 5.74) is 3.43. The lowest BCUT2D eigenvalue weighted by molar-refractivity contribution is 0.293. The minimum Gasteiger partial charge on any atom is -0.497 e. The highest BCUT2D eigenvalue weighted by Gasteiger charge is 2.30. The molecule has 0 saturated carbocycles. The SMILES string of the molecule is COc1cccc(NC(=S)N2CCn3cccc3[C@@H]2c2ccccc2)c1. The largest absolute Gasteiger partial charge is 0.497 e. The topological polar surface area (TPSA) is 29.4 Å². The predicted octanol–water partition coefficient (Wildman–Crippen LogP) is 4.30. The van der Waals surface area contributed by atoms with Crippen molar-refractivity contribution >= 4 is 23.0 Å². The zero-order chi connectivity index (χ0) is 17.9. The molecule has 26 heavy (non-hydrogen) atoms. The molecule has 132 valence electrons. The van der Waals surface area contributed by atoms with E-state index in [1.54, 1.807) is 7.11 Å². The van der Waals surface area contributed by atoms with E-state index in [1.165, 1.54) is 11.3 Å². The molecule has 2 aromatic carbocycles. The molecule has 0 radical (unpaired) electrons. The third-order valence-corrected chi connectivity index (χ3v) is 5.07.